The lowest BCUT2D eigenvalue weighted by molar-refractivity contribution is -0.134. The Bertz CT molecular complexity index is 1570. The molecule has 0 saturated carbocycles. The average molecular weight is 688 g/mol. The maximum atomic E-state index is 14.1. The van der Waals surface area contributed by atoms with Crippen LogP contribution in [-0.2, 0) is 32.1 Å². The van der Waals surface area contributed by atoms with Gasteiger partial charge in [-0.2, -0.15) is 0 Å². The zero-order chi connectivity index (χ0) is 37.1. The third kappa shape index (κ3) is 11.4. The number of ether oxygens (including phenoxy) is 1. The first kappa shape index (κ1) is 39.6. The van der Waals surface area contributed by atoms with E-state index >= 15 is 0 Å². The molecule has 0 fully saturated rings. The molecule has 12 heteroatoms. The van der Waals surface area contributed by atoms with E-state index in [1.807, 2.05) is 108 Å². The molecule has 0 aliphatic carbocycles. The number of amides is 4. The highest BCUT2D eigenvalue weighted by Crippen LogP contribution is 2.24. The Morgan fingerprint density at radius 3 is 1.88 bits per heavy atom. The summed E-state index contributed by atoms with van der Waals surface area (Å²) in [6, 6.07) is 19.4. The number of carbonyl (C=O) groups is 4. The Kier molecular flexibility index (Phi) is 13.6. The van der Waals surface area contributed by atoms with E-state index in [1.165, 1.54) is 14.2 Å². The molecular weight excluding hydrogens is 634 g/mol. The van der Waals surface area contributed by atoms with Gasteiger partial charge in [0.2, 0.25) is 11.8 Å². The van der Waals surface area contributed by atoms with Crippen molar-refractivity contribution in [1.29, 1.82) is 0 Å². The number of likely N-dealkylation sites (N-methyl/N-ethyl adjacent to an activating group) is 1. The maximum Gasteiger partial charge on any atom is 0.407 e. The van der Waals surface area contributed by atoms with E-state index in [0.29, 0.717) is 0 Å². The van der Waals surface area contributed by atoms with Crippen LogP contribution in [-0.4, -0.2) is 72.1 Å². The number of hydrogen-bond donors (Lipinski definition) is 5. The van der Waals surface area contributed by atoms with Gasteiger partial charge in [-0.15, -0.1) is 0 Å². The van der Waals surface area contributed by atoms with Gasteiger partial charge in [0.15, 0.2) is 0 Å². The number of hydrogen-bond acceptors (Lipinski definition) is 8. The number of alkyl carbamates (subject to hydrolysis) is 1. The second kappa shape index (κ2) is 17.2. The first-order valence-electron chi connectivity index (χ1n) is 16.7. The smallest absolute Gasteiger partial charge is 0.407 e. The molecule has 0 bridgehead atoms. The Morgan fingerprint density at radius 2 is 1.34 bits per heavy atom. The molecule has 2 aromatic carbocycles. The molecule has 3 aromatic rings. The number of aromatic nitrogens is 1. The summed E-state index contributed by atoms with van der Waals surface area (Å²) in [5, 5.41) is 9.90. The van der Waals surface area contributed by atoms with Crippen LogP contribution < -0.4 is 27.1 Å². The zero-order valence-electron chi connectivity index (χ0n) is 30.5. The van der Waals surface area contributed by atoms with Crippen molar-refractivity contribution in [3.63, 3.8) is 0 Å². The first-order valence-corrected chi connectivity index (χ1v) is 16.7. The number of rotatable bonds is 14. The van der Waals surface area contributed by atoms with E-state index in [2.05, 4.69) is 26.4 Å². The van der Waals surface area contributed by atoms with Crippen molar-refractivity contribution in [3.05, 3.63) is 90.3 Å². The summed E-state index contributed by atoms with van der Waals surface area (Å²) >= 11 is 0. The second-order valence-corrected chi connectivity index (χ2v) is 14.7. The average Bonchev–Trinajstić information content (AvgIpc) is 3.08. The van der Waals surface area contributed by atoms with Crippen LogP contribution in [0.1, 0.15) is 59.1 Å². The topological polar surface area (TPSA) is 168 Å². The molecule has 0 spiro atoms. The van der Waals surface area contributed by atoms with Crippen molar-refractivity contribution in [2.75, 3.05) is 20.7 Å². The fourth-order valence-electron chi connectivity index (χ4n) is 5.49. The number of hydrazine groups is 1. The third-order valence-electron chi connectivity index (χ3n) is 8.48. The van der Waals surface area contributed by atoms with Gasteiger partial charge in [-0.05, 0) is 58.1 Å². The van der Waals surface area contributed by atoms with E-state index in [4.69, 9.17) is 10.5 Å². The Hall–Kier alpha value is -4.81. The minimum absolute atomic E-state index is 0.109. The predicted molar refractivity (Wildman–Crippen MR) is 194 cm³/mol. The summed E-state index contributed by atoms with van der Waals surface area (Å²) in [5.74, 6) is -1.28. The van der Waals surface area contributed by atoms with Crippen LogP contribution in [0.3, 0.4) is 0 Å². The van der Waals surface area contributed by atoms with Gasteiger partial charge in [-0.3, -0.25) is 24.8 Å². The summed E-state index contributed by atoms with van der Waals surface area (Å²) in [4.78, 5) is 57.1. The number of methoxy groups -OCH3 is 1. The number of pyridine rings is 1. The first-order chi connectivity index (χ1) is 23.5. The van der Waals surface area contributed by atoms with Gasteiger partial charge in [0.05, 0.1) is 7.11 Å². The molecule has 1 aromatic heterocycles. The molecule has 0 aliphatic rings. The van der Waals surface area contributed by atoms with Crippen molar-refractivity contribution in [2.24, 2.45) is 16.6 Å². The highest BCUT2D eigenvalue weighted by atomic mass is 16.5. The number of nitrogens with one attached hydrogen (secondary N) is 4. The largest absolute Gasteiger partial charge is 0.453 e. The molecule has 6 N–H and O–H groups in total. The van der Waals surface area contributed by atoms with E-state index in [0.717, 1.165) is 22.3 Å². The maximum absolute atomic E-state index is 14.1. The quantitative estimate of drug-likeness (QED) is 0.159. The van der Waals surface area contributed by atoms with Crippen molar-refractivity contribution < 1.29 is 23.9 Å². The molecule has 0 radical (unpaired) electrons. The van der Waals surface area contributed by atoms with Crippen LogP contribution in [0, 0.1) is 10.8 Å². The van der Waals surface area contributed by atoms with E-state index < -0.39 is 46.4 Å². The highest BCUT2D eigenvalue weighted by molar-refractivity contribution is 5.92. The molecule has 270 valence electrons. The van der Waals surface area contributed by atoms with Crippen molar-refractivity contribution in [1.82, 2.24) is 31.4 Å². The van der Waals surface area contributed by atoms with Crippen LogP contribution in [0.5, 0.6) is 0 Å². The van der Waals surface area contributed by atoms with Gasteiger partial charge in [-0.25, -0.2) is 9.80 Å². The number of benzene rings is 2. The molecule has 12 nitrogen and oxygen atoms in total. The van der Waals surface area contributed by atoms with Gasteiger partial charge in [0, 0.05) is 32.5 Å². The van der Waals surface area contributed by atoms with Crippen LogP contribution in [0.25, 0.3) is 11.1 Å². The van der Waals surface area contributed by atoms with Crippen molar-refractivity contribution in [2.45, 2.75) is 78.6 Å². The summed E-state index contributed by atoms with van der Waals surface area (Å²) < 4.78 is 4.79. The minimum Gasteiger partial charge on any atom is -0.453 e. The van der Waals surface area contributed by atoms with Crippen molar-refractivity contribution >= 4 is 23.8 Å². The number of nitrogens with zero attached hydrogens (tertiary/aromatic N) is 2. The van der Waals surface area contributed by atoms with Crippen LogP contribution >= 0.6 is 0 Å². The standard InChI is InChI=1S/C38H53N7O5/c1-36(2,3)30(32(46)40-7)42-34(48)38(39,24-26-12-10-9-11-13-26)20-23-45(44-33(47)31(37(4,5)6)43-35(49)50-8)25-27-14-16-28(17-15-27)29-18-21-41-22-19-29/h9-19,21-22,30-31H,20,23-25,39H2,1-8H3,(H,40,46)(H,42,48)(H,43,49)(H,44,47)/t30-,31-,38-/m1/s1. The molecule has 0 aliphatic heterocycles. The third-order valence-corrected chi connectivity index (χ3v) is 8.48. The lowest BCUT2D eigenvalue weighted by atomic mass is 9.83. The van der Waals surface area contributed by atoms with Gasteiger partial charge in [0.25, 0.3) is 5.91 Å². The number of carbonyl (C=O) groups excluding carboxylic acids is 4. The van der Waals surface area contributed by atoms with Crippen LogP contribution in [0.4, 0.5) is 4.79 Å². The highest BCUT2D eigenvalue weighted by Gasteiger charge is 2.40. The van der Waals surface area contributed by atoms with Gasteiger partial charge >= 0.3 is 6.09 Å². The zero-order valence-corrected chi connectivity index (χ0v) is 30.5. The lowest BCUT2D eigenvalue weighted by Crippen LogP contribution is -2.63. The van der Waals surface area contributed by atoms with E-state index in [1.54, 1.807) is 17.4 Å². The van der Waals surface area contributed by atoms with Crippen LogP contribution in [0.2, 0.25) is 0 Å². The molecule has 3 atom stereocenters. The van der Waals surface area contributed by atoms with Gasteiger partial charge < -0.3 is 26.4 Å². The minimum atomic E-state index is -1.47. The molecule has 3 rings (SSSR count). The second-order valence-electron chi connectivity index (χ2n) is 14.7. The normalized spacial score (nSPS) is 14.1. The summed E-state index contributed by atoms with van der Waals surface area (Å²) in [7, 11) is 2.76. The summed E-state index contributed by atoms with van der Waals surface area (Å²) in [6.45, 7) is 11.5. The predicted octanol–water partition coefficient (Wildman–Crippen LogP) is 3.96. The molecular formula is C38H53N7O5. The summed E-state index contributed by atoms with van der Waals surface area (Å²) in [6.07, 6.45) is 3.03. The molecule has 50 heavy (non-hydrogen) atoms. The summed E-state index contributed by atoms with van der Waals surface area (Å²) in [5.41, 5.74) is 11.0. The lowest BCUT2D eigenvalue weighted by Gasteiger charge is -2.37. The van der Waals surface area contributed by atoms with Crippen molar-refractivity contribution in [3.8, 4) is 11.1 Å². The fraction of sp³-hybridized carbons (Fsp3) is 0.447. The molecule has 4 amide bonds. The van der Waals surface area contributed by atoms with Gasteiger partial charge in [-0.1, -0.05) is 96.1 Å². The Morgan fingerprint density at radius 1 is 0.780 bits per heavy atom. The Labute approximate surface area is 295 Å². The Balaban J connectivity index is 1.96. The van der Waals surface area contributed by atoms with E-state index in [-0.39, 0.29) is 31.8 Å². The monoisotopic (exact) mass is 687 g/mol. The SMILES string of the molecule is CNC(=O)[C@@H](NC(=O)[C@@](N)(CCN(Cc1ccc(-c2ccncc2)cc1)NC(=O)[C@@H](NC(=O)OC)C(C)(C)C)Cc1ccccc1)C(C)(C)C. The fourth-order valence-corrected chi connectivity index (χ4v) is 5.49. The van der Waals surface area contributed by atoms with Gasteiger partial charge in [0.1, 0.15) is 17.6 Å². The van der Waals surface area contributed by atoms with Crippen LogP contribution in [0.15, 0.2) is 79.1 Å². The molecule has 0 unspecified atom stereocenters. The van der Waals surface area contributed by atoms with E-state index in [9.17, 15) is 19.2 Å². The molecule has 0 saturated heterocycles. The number of nitrogens with two attached hydrogens (primary N) is 1. The molecule has 1 heterocycles.